The summed E-state index contributed by atoms with van der Waals surface area (Å²) < 4.78 is 0. The predicted octanol–water partition coefficient (Wildman–Crippen LogP) is 1.48. The summed E-state index contributed by atoms with van der Waals surface area (Å²) in [6.07, 6.45) is 5.32. The molecular formula is C11H17NO2. The molecule has 1 heterocycles. The molecule has 0 aromatic heterocycles. The van der Waals surface area contributed by atoms with Gasteiger partial charge in [0.05, 0.1) is 11.8 Å². The molecule has 14 heavy (non-hydrogen) atoms. The Hall–Kier alpha value is -0.860. The van der Waals surface area contributed by atoms with Gasteiger partial charge in [0.15, 0.2) is 0 Å². The van der Waals surface area contributed by atoms with Crippen LogP contribution in [0.4, 0.5) is 0 Å². The van der Waals surface area contributed by atoms with Gasteiger partial charge >= 0.3 is 0 Å². The first-order chi connectivity index (χ1) is 6.74. The van der Waals surface area contributed by atoms with E-state index in [0.717, 1.165) is 32.1 Å². The maximum atomic E-state index is 11.6. The van der Waals surface area contributed by atoms with Crippen LogP contribution in [-0.4, -0.2) is 11.8 Å². The van der Waals surface area contributed by atoms with Gasteiger partial charge < -0.3 is 0 Å². The predicted molar refractivity (Wildman–Crippen MR) is 52.4 cm³/mol. The molecule has 1 saturated heterocycles. The molecule has 1 saturated carbocycles. The van der Waals surface area contributed by atoms with Crippen molar-refractivity contribution in [1.29, 1.82) is 0 Å². The normalized spacial score (nSPS) is 36.8. The Morgan fingerprint density at radius 1 is 1.29 bits per heavy atom. The number of carbonyl (C=O) groups excluding carboxylic acids is 2. The van der Waals surface area contributed by atoms with Crippen LogP contribution in [0, 0.1) is 17.8 Å². The third-order valence-electron chi connectivity index (χ3n) is 3.58. The maximum Gasteiger partial charge on any atom is 0.230 e. The van der Waals surface area contributed by atoms with Crippen LogP contribution < -0.4 is 5.32 Å². The van der Waals surface area contributed by atoms with Crippen LogP contribution in [0.5, 0.6) is 0 Å². The molecule has 2 amide bonds. The fourth-order valence-electron chi connectivity index (χ4n) is 2.97. The number of hydrogen-bond acceptors (Lipinski definition) is 2. The lowest BCUT2D eigenvalue weighted by molar-refractivity contribution is -0.126. The van der Waals surface area contributed by atoms with Crippen molar-refractivity contribution >= 4 is 11.8 Å². The van der Waals surface area contributed by atoms with Gasteiger partial charge in [-0.15, -0.1) is 0 Å². The van der Waals surface area contributed by atoms with Crippen LogP contribution in [0.2, 0.25) is 0 Å². The molecule has 0 spiro atoms. The van der Waals surface area contributed by atoms with E-state index in [4.69, 9.17) is 0 Å². The van der Waals surface area contributed by atoms with Gasteiger partial charge in [0.2, 0.25) is 11.8 Å². The molecule has 1 aliphatic heterocycles. The molecule has 0 aromatic carbocycles. The number of imide groups is 1. The van der Waals surface area contributed by atoms with Crippen molar-refractivity contribution in [3.05, 3.63) is 0 Å². The van der Waals surface area contributed by atoms with Gasteiger partial charge in [-0.25, -0.2) is 0 Å². The highest BCUT2D eigenvalue weighted by molar-refractivity contribution is 6.05. The van der Waals surface area contributed by atoms with Gasteiger partial charge in [-0.1, -0.05) is 19.8 Å². The minimum atomic E-state index is -0.0270. The average Bonchev–Trinajstić information content (AvgIpc) is 2.44. The Balaban J connectivity index is 2.14. The summed E-state index contributed by atoms with van der Waals surface area (Å²) in [5.41, 5.74) is 0. The SMILES string of the molecule is CCCC1CCCC2C(=O)NC(=O)C12. The molecule has 1 N–H and O–H groups in total. The lowest BCUT2D eigenvalue weighted by Gasteiger charge is -2.30. The lowest BCUT2D eigenvalue weighted by Crippen LogP contribution is -2.30. The van der Waals surface area contributed by atoms with E-state index >= 15 is 0 Å². The summed E-state index contributed by atoms with van der Waals surface area (Å²) in [6, 6.07) is 0. The third kappa shape index (κ3) is 1.45. The first-order valence-electron chi connectivity index (χ1n) is 5.58. The van der Waals surface area contributed by atoms with E-state index in [0.29, 0.717) is 5.92 Å². The van der Waals surface area contributed by atoms with E-state index < -0.39 is 0 Å². The largest absolute Gasteiger partial charge is 0.296 e. The third-order valence-corrected chi connectivity index (χ3v) is 3.58. The van der Waals surface area contributed by atoms with Gasteiger partial charge in [-0.05, 0) is 25.2 Å². The molecule has 1 aliphatic carbocycles. The molecule has 0 radical (unpaired) electrons. The van der Waals surface area contributed by atoms with Crippen molar-refractivity contribution in [3.63, 3.8) is 0 Å². The van der Waals surface area contributed by atoms with Crippen LogP contribution in [0.15, 0.2) is 0 Å². The maximum absolute atomic E-state index is 11.6. The zero-order valence-electron chi connectivity index (χ0n) is 8.58. The van der Waals surface area contributed by atoms with Crippen LogP contribution in [0.25, 0.3) is 0 Å². The molecule has 2 aliphatic rings. The topological polar surface area (TPSA) is 46.2 Å². The second-order valence-corrected chi connectivity index (χ2v) is 4.47. The van der Waals surface area contributed by atoms with E-state index in [9.17, 15) is 9.59 Å². The van der Waals surface area contributed by atoms with Crippen LogP contribution in [0.3, 0.4) is 0 Å². The van der Waals surface area contributed by atoms with Gasteiger partial charge in [0.1, 0.15) is 0 Å². The highest BCUT2D eigenvalue weighted by Crippen LogP contribution is 2.40. The summed E-state index contributed by atoms with van der Waals surface area (Å²) in [6.45, 7) is 2.14. The summed E-state index contributed by atoms with van der Waals surface area (Å²) in [7, 11) is 0. The number of amides is 2. The lowest BCUT2D eigenvalue weighted by atomic mass is 9.72. The molecule has 3 unspecified atom stereocenters. The molecule has 0 bridgehead atoms. The zero-order chi connectivity index (χ0) is 10.1. The Labute approximate surface area is 84.2 Å². The molecule has 2 fully saturated rings. The number of carbonyl (C=O) groups is 2. The Morgan fingerprint density at radius 3 is 2.79 bits per heavy atom. The molecule has 3 atom stereocenters. The van der Waals surface area contributed by atoms with E-state index in [1.807, 2.05) is 0 Å². The van der Waals surface area contributed by atoms with Crippen LogP contribution in [-0.2, 0) is 9.59 Å². The van der Waals surface area contributed by atoms with E-state index in [-0.39, 0.29) is 23.7 Å². The minimum absolute atomic E-state index is 0.00352. The fraction of sp³-hybridized carbons (Fsp3) is 0.818. The first kappa shape index (κ1) is 9.69. The zero-order valence-corrected chi connectivity index (χ0v) is 8.58. The summed E-state index contributed by atoms with van der Waals surface area (Å²) >= 11 is 0. The van der Waals surface area contributed by atoms with E-state index in [1.165, 1.54) is 0 Å². The smallest absolute Gasteiger partial charge is 0.230 e. The highest BCUT2D eigenvalue weighted by atomic mass is 16.2. The van der Waals surface area contributed by atoms with Gasteiger partial charge in [0.25, 0.3) is 0 Å². The highest BCUT2D eigenvalue weighted by Gasteiger charge is 2.46. The van der Waals surface area contributed by atoms with E-state index in [2.05, 4.69) is 12.2 Å². The molecular weight excluding hydrogens is 178 g/mol. The van der Waals surface area contributed by atoms with Crippen molar-refractivity contribution in [3.8, 4) is 0 Å². The molecule has 78 valence electrons. The van der Waals surface area contributed by atoms with Gasteiger partial charge in [0, 0.05) is 0 Å². The number of nitrogens with one attached hydrogen (secondary N) is 1. The van der Waals surface area contributed by atoms with Crippen LogP contribution in [0.1, 0.15) is 39.0 Å². The first-order valence-corrected chi connectivity index (χ1v) is 5.58. The fourth-order valence-corrected chi connectivity index (χ4v) is 2.97. The van der Waals surface area contributed by atoms with E-state index in [1.54, 1.807) is 0 Å². The molecule has 2 rings (SSSR count). The quantitative estimate of drug-likeness (QED) is 0.678. The van der Waals surface area contributed by atoms with Crippen molar-refractivity contribution < 1.29 is 9.59 Å². The summed E-state index contributed by atoms with van der Waals surface area (Å²) in [5, 5.41) is 2.47. The summed E-state index contributed by atoms with van der Waals surface area (Å²) in [5.74, 6) is 0.396. The van der Waals surface area contributed by atoms with Crippen molar-refractivity contribution in [2.24, 2.45) is 17.8 Å². The van der Waals surface area contributed by atoms with Gasteiger partial charge in [-0.2, -0.15) is 0 Å². The van der Waals surface area contributed by atoms with Gasteiger partial charge in [-0.3, -0.25) is 14.9 Å². The minimum Gasteiger partial charge on any atom is -0.296 e. The van der Waals surface area contributed by atoms with Crippen LogP contribution >= 0.6 is 0 Å². The second-order valence-electron chi connectivity index (χ2n) is 4.47. The number of hydrogen-bond donors (Lipinski definition) is 1. The number of rotatable bonds is 2. The average molecular weight is 195 g/mol. The molecule has 3 nitrogen and oxygen atoms in total. The number of fused-ring (bicyclic) bond motifs is 1. The Bertz CT molecular complexity index is 260. The van der Waals surface area contributed by atoms with Crippen molar-refractivity contribution in [1.82, 2.24) is 5.32 Å². The molecule has 0 aromatic rings. The Kier molecular flexibility index (Phi) is 2.57. The molecule has 3 heteroatoms. The summed E-state index contributed by atoms with van der Waals surface area (Å²) in [4.78, 5) is 23.0. The monoisotopic (exact) mass is 195 g/mol. The standard InChI is InChI=1S/C11H17NO2/c1-2-4-7-5-3-6-8-9(7)11(14)12-10(8)13/h7-9H,2-6H2,1H3,(H,12,13,14). The second kappa shape index (κ2) is 3.71. The van der Waals surface area contributed by atoms with Crippen molar-refractivity contribution in [2.75, 3.05) is 0 Å². The van der Waals surface area contributed by atoms with Crippen molar-refractivity contribution in [2.45, 2.75) is 39.0 Å². The Morgan fingerprint density at radius 2 is 2.07 bits per heavy atom.